The number of aryl methyl sites for hydroxylation is 1. The van der Waals surface area contributed by atoms with E-state index >= 15 is 0 Å². The van der Waals surface area contributed by atoms with Gasteiger partial charge in [-0.25, -0.2) is 0 Å². The first-order chi connectivity index (χ1) is 15.1. The van der Waals surface area contributed by atoms with E-state index in [4.69, 9.17) is 9.36 Å². The van der Waals surface area contributed by atoms with Gasteiger partial charge < -0.3 is 5.32 Å². The number of nitrogens with one attached hydrogen (secondary N) is 1. The van der Waals surface area contributed by atoms with E-state index < -0.39 is 0 Å². The number of hydrogen-bond donors (Lipinski definition) is 1. The fourth-order valence-electron chi connectivity index (χ4n) is 4.20. The fourth-order valence-corrected chi connectivity index (χ4v) is 5.01. The van der Waals surface area contributed by atoms with Gasteiger partial charge in [0.25, 0.3) is 0 Å². The number of hydrogen-bond acceptors (Lipinski definition) is 5. The van der Waals surface area contributed by atoms with Crippen LogP contribution in [0.25, 0.3) is 33.4 Å². The zero-order valence-corrected chi connectivity index (χ0v) is 19.5. The molecule has 3 aromatic heterocycles. The number of nitrogens with zero attached hydrogens (tertiary/aromatic N) is 4. The molecule has 0 radical (unpaired) electrons. The van der Waals surface area contributed by atoms with Crippen molar-refractivity contribution < 1.29 is 4.79 Å². The Kier molecular flexibility index (Phi) is 5.26. The number of anilines is 1. The Hall–Kier alpha value is -2.77. The Labute approximate surface area is 196 Å². The van der Waals surface area contributed by atoms with E-state index in [2.05, 4.69) is 35.5 Å². The lowest BCUT2D eigenvalue weighted by Gasteiger charge is -2.09. The molecule has 0 unspecified atom stereocenters. The van der Waals surface area contributed by atoms with Crippen LogP contribution in [0.5, 0.6) is 0 Å². The standard InChI is InChI=1S/C24H23N5OS.ClH/c1-13-10-17(13)23(30)26-24-21(20-5-3-4-18(25-20)14-6-7-14)22(28-31-24)15-8-9-19-16(11-15)12-29(2)27-19;/h3-5,8-9,11-14,17H,6-7,10H2,1-2H3,(H,26,30);1H/t13-,17-;/m1./s1. The summed E-state index contributed by atoms with van der Waals surface area (Å²) in [7, 11) is 1.92. The van der Waals surface area contributed by atoms with Gasteiger partial charge in [-0.05, 0) is 61.0 Å². The normalized spacial score (nSPS) is 19.6. The molecular formula is C24H24ClN5OS. The smallest absolute Gasteiger partial charge is 0.228 e. The van der Waals surface area contributed by atoms with Crippen LogP contribution >= 0.6 is 23.9 Å². The lowest BCUT2D eigenvalue weighted by molar-refractivity contribution is -0.117. The lowest BCUT2D eigenvalue weighted by atomic mass is 10.0. The van der Waals surface area contributed by atoms with Gasteiger partial charge in [0, 0.05) is 41.7 Å². The van der Waals surface area contributed by atoms with Crippen LogP contribution in [0.1, 0.15) is 37.8 Å². The number of aromatic nitrogens is 4. The third kappa shape index (κ3) is 3.80. The predicted octanol–water partition coefficient (Wildman–Crippen LogP) is 5.65. The van der Waals surface area contributed by atoms with Crippen molar-refractivity contribution in [3.8, 4) is 22.5 Å². The molecule has 2 aliphatic carbocycles. The van der Waals surface area contributed by atoms with Crippen LogP contribution in [0.15, 0.2) is 42.6 Å². The number of amides is 1. The van der Waals surface area contributed by atoms with Crippen molar-refractivity contribution in [1.82, 2.24) is 19.1 Å². The zero-order valence-electron chi connectivity index (χ0n) is 17.9. The molecule has 1 amide bonds. The molecule has 2 aliphatic rings. The highest BCUT2D eigenvalue weighted by molar-refractivity contribution is 7.11. The summed E-state index contributed by atoms with van der Waals surface area (Å²) in [5, 5.41) is 9.48. The number of carbonyl (C=O) groups is 1. The van der Waals surface area contributed by atoms with Gasteiger partial charge in [0.05, 0.1) is 22.5 Å². The maximum atomic E-state index is 12.7. The minimum Gasteiger partial charge on any atom is -0.316 e. The van der Waals surface area contributed by atoms with E-state index in [-0.39, 0.29) is 24.2 Å². The maximum absolute atomic E-state index is 12.7. The highest BCUT2D eigenvalue weighted by Crippen LogP contribution is 2.45. The molecule has 0 aliphatic heterocycles. The molecule has 0 saturated heterocycles. The third-order valence-corrected chi connectivity index (χ3v) is 7.05. The molecule has 2 fully saturated rings. The summed E-state index contributed by atoms with van der Waals surface area (Å²) in [6.07, 6.45) is 5.37. The van der Waals surface area contributed by atoms with Crippen molar-refractivity contribution in [1.29, 1.82) is 0 Å². The molecule has 0 spiro atoms. The van der Waals surface area contributed by atoms with Crippen molar-refractivity contribution in [3.05, 3.63) is 48.3 Å². The van der Waals surface area contributed by atoms with Crippen molar-refractivity contribution in [2.75, 3.05) is 5.32 Å². The average molecular weight is 466 g/mol. The highest BCUT2D eigenvalue weighted by Gasteiger charge is 2.39. The summed E-state index contributed by atoms with van der Waals surface area (Å²) in [6, 6.07) is 12.4. The predicted molar refractivity (Wildman–Crippen MR) is 130 cm³/mol. The van der Waals surface area contributed by atoms with Gasteiger partial charge in [-0.1, -0.05) is 19.1 Å². The van der Waals surface area contributed by atoms with Gasteiger partial charge in [0.15, 0.2) is 0 Å². The molecular weight excluding hydrogens is 442 g/mol. The van der Waals surface area contributed by atoms with Crippen molar-refractivity contribution >= 4 is 45.8 Å². The topological polar surface area (TPSA) is 72.7 Å². The summed E-state index contributed by atoms with van der Waals surface area (Å²) in [4.78, 5) is 17.7. The second-order valence-electron chi connectivity index (χ2n) is 8.84. The molecule has 164 valence electrons. The van der Waals surface area contributed by atoms with Gasteiger partial charge in [-0.15, -0.1) is 12.4 Å². The van der Waals surface area contributed by atoms with E-state index in [1.807, 2.05) is 36.1 Å². The first-order valence-electron chi connectivity index (χ1n) is 10.8. The van der Waals surface area contributed by atoms with Crippen LogP contribution in [0, 0.1) is 11.8 Å². The minimum atomic E-state index is 0. The average Bonchev–Trinajstić information content (AvgIpc) is 3.66. The lowest BCUT2D eigenvalue weighted by Crippen LogP contribution is -2.14. The van der Waals surface area contributed by atoms with Crippen molar-refractivity contribution in [3.63, 3.8) is 0 Å². The van der Waals surface area contributed by atoms with Crippen LogP contribution in [-0.4, -0.2) is 25.0 Å². The first-order valence-corrected chi connectivity index (χ1v) is 11.6. The Morgan fingerprint density at radius 3 is 2.78 bits per heavy atom. The van der Waals surface area contributed by atoms with Crippen LogP contribution < -0.4 is 5.32 Å². The van der Waals surface area contributed by atoms with E-state index in [1.165, 1.54) is 24.4 Å². The molecule has 6 rings (SSSR count). The first kappa shape index (κ1) is 21.1. The number of benzene rings is 1. The fraction of sp³-hybridized carbons (Fsp3) is 0.333. The van der Waals surface area contributed by atoms with Gasteiger partial charge >= 0.3 is 0 Å². The van der Waals surface area contributed by atoms with Crippen LogP contribution in [0.3, 0.4) is 0 Å². The summed E-state index contributed by atoms with van der Waals surface area (Å²) >= 11 is 1.34. The number of pyridine rings is 1. The number of halogens is 1. The summed E-state index contributed by atoms with van der Waals surface area (Å²) in [6.45, 7) is 2.12. The molecule has 6 nitrogen and oxygen atoms in total. The number of carbonyl (C=O) groups excluding carboxylic acids is 1. The van der Waals surface area contributed by atoms with Crippen molar-refractivity contribution in [2.24, 2.45) is 18.9 Å². The summed E-state index contributed by atoms with van der Waals surface area (Å²) in [5.41, 5.74) is 5.73. The Morgan fingerprint density at radius 2 is 2.03 bits per heavy atom. The van der Waals surface area contributed by atoms with E-state index in [1.54, 1.807) is 0 Å². The van der Waals surface area contributed by atoms with Crippen LogP contribution in [0.4, 0.5) is 5.00 Å². The molecule has 8 heteroatoms. The summed E-state index contributed by atoms with van der Waals surface area (Å²) < 4.78 is 6.60. The largest absolute Gasteiger partial charge is 0.316 e. The quantitative estimate of drug-likeness (QED) is 0.413. The van der Waals surface area contributed by atoms with Gasteiger partial charge in [0.2, 0.25) is 5.91 Å². The second-order valence-corrected chi connectivity index (χ2v) is 9.62. The monoisotopic (exact) mass is 465 g/mol. The molecule has 4 aromatic rings. The maximum Gasteiger partial charge on any atom is 0.228 e. The van der Waals surface area contributed by atoms with Crippen molar-refractivity contribution in [2.45, 2.75) is 32.1 Å². The Morgan fingerprint density at radius 1 is 1.22 bits per heavy atom. The van der Waals surface area contributed by atoms with E-state index in [0.29, 0.717) is 11.8 Å². The van der Waals surface area contributed by atoms with Gasteiger partial charge in [0.1, 0.15) is 5.00 Å². The second kappa shape index (κ2) is 7.98. The molecule has 2 saturated carbocycles. The Balaban J connectivity index is 0.00000216. The summed E-state index contributed by atoms with van der Waals surface area (Å²) in [5.74, 6) is 1.22. The molecule has 1 aromatic carbocycles. The molecule has 2 atom stereocenters. The molecule has 0 bridgehead atoms. The van der Waals surface area contributed by atoms with Gasteiger partial charge in [-0.2, -0.15) is 9.47 Å². The minimum absolute atomic E-state index is 0. The molecule has 1 N–H and O–H groups in total. The van der Waals surface area contributed by atoms with Crippen LogP contribution in [0.2, 0.25) is 0 Å². The van der Waals surface area contributed by atoms with Gasteiger partial charge in [-0.3, -0.25) is 14.5 Å². The zero-order chi connectivity index (χ0) is 21.1. The van der Waals surface area contributed by atoms with Crippen LogP contribution in [-0.2, 0) is 11.8 Å². The third-order valence-electron chi connectivity index (χ3n) is 6.29. The number of fused-ring (bicyclic) bond motifs is 1. The van der Waals surface area contributed by atoms with E-state index in [0.717, 1.165) is 50.5 Å². The Bertz CT molecular complexity index is 1330. The highest BCUT2D eigenvalue weighted by atomic mass is 35.5. The number of rotatable bonds is 5. The molecule has 32 heavy (non-hydrogen) atoms. The molecule has 3 heterocycles. The SMILES string of the molecule is C[C@@H]1C[C@H]1C(=O)Nc1snc(-c2ccc3nn(C)cc3c2)c1-c1cccc(C2CC2)n1.Cl. The van der Waals surface area contributed by atoms with E-state index in [9.17, 15) is 4.79 Å².